The average Bonchev–Trinajstić information content (AvgIpc) is 2.59. The van der Waals surface area contributed by atoms with E-state index in [2.05, 4.69) is 5.10 Å². The number of rotatable bonds is 3. The number of hydrogen-bond donors (Lipinski definition) is 0. The minimum atomic E-state index is -0.237. The van der Waals surface area contributed by atoms with Crippen LogP contribution in [0.15, 0.2) is 35.4 Å². The van der Waals surface area contributed by atoms with Crippen LogP contribution in [-0.2, 0) is 20.0 Å². The van der Waals surface area contributed by atoms with E-state index >= 15 is 0 Å². The molecule has 0 radical (unpaired) electrons. The molecule has 0 N–H and O–H groups in total. The van der Waals surface area contributed by atoms with Gasteiger partial charge in [-0.2, -0.15) is 5.10 Å². The maximum Gasteiger partial charge on any atom is 0.345 e. The third-order valence-corrected chi connectivity index (χ3v) is 2.47. The summed E-state index contributed by atoms with van der Waals surface area (Å²) < 4.78 is 16.0. The molecule has 0 aliphatic rings. The van der Waals surface area contributed by atoms with E-state index in [1.54, 1.807) is 25.2 Å². The van der Waals surface area contributed by atoms with Gasteiger partial charge in [-0.3, -0.25) is 4.57 Å². The zero-order valence-electron chi connectivity index (χ0n) is 8.93. The van der Waals surface area contributed by atoms with Crippen molar-refractivity contribution in [2.75, 3.05) is 0 Å². The summed E-state index contributed by atoms with van der Waals surface area (Å²) in [6.45, 7) is 0.438. The normalized spacial score (nSPS) is 10.6. The van der Waals surface area contributed by atoms with E-state index in [0.717, 1.165) is 0 Å². The van der Waals surface area contributed by atoms with Crippen LogP contribution in [0, 0.1) is 5.82 Å². The molecule has 2 aromatic rings. The van der Waals surface area contributed by atoms with Crippen LogP contribution in [0.1, 0.15) is 5.56 Å². The zero-order valence-corrected chi connectivity index (χ0v) is 8.93. The lowest BCUT2D eigenvalue weighted by molar-refractivity contribution is 0.585. The quantitative estimate of drug-likeness (QED) is 0.774. The third kappa shape index (κ3) is 2.03. The lowest BCUT2D eigenvalue weighted by atomic mass is 10.1. The molecule has 0 amide bonds. The molecule has 0 aliphatic carbocycles. The Labute approximate surface area is 91.9 Å². The largest absolute Gasteiger partial charge is 0.345 e. The lowest BCUT2D eigenvalue weighted by Crippen LogP contribution is -2.23. The smallest absolute Gasteiger partial charge is 0.281 e. The van der Waals surface area contributed by atoms with Gasteiger partial charge in [-0.25, -0.2) is 13.9 Å². The molecule has 0 bridgehead atoms. The predicted molar refractivity (Wildman–Crippen MR) is 57.6 cm³/mol. The first kappa shape index (κ1) is 10.6. The SMILES string of the molecule is Cn1ncn(CCc2ccccc2F)c1=O. The van der Waals surface area contributed by atoms with Crippen LogP contribution < -0.4 is 5.69 Å². The molecule has 5 heteroatoms. The molecule has 0 spiro atoms. The van der Waals surface area contributed by atoms with Gasteiger partial charge in [0, 0.05) is 13.6 Å². The monoisotopic (exact) mass is 221 g/mol. The van der Waals surface area contributed by atoms with Crippen molar-refractivity contribution < 1.29 is 4.39 Å². The van der Waals surface area contributed by atoms with Crippen molar-refractivity contribution in [2.24, 2.45) is 7.05 Å². The number of nitrogens with zero attached hydrogens (tertiary/aromatic N) is 3. The lowest BCUT2D eigenvalue weighted by Gasteiger charge is -2.02. The van der Waals surface area contributed by atoms with Crippen molar-refractivity contribution in [3.63, 3.8) is 0 Å². The first-order valence-corrected chi connectivity index (χ1v) is 5.00. The Morgan fingerprint density at radius 3 is 2.75 bits per heavy atom. The Kier molecular flexibility index (Phi) is 2.85. The third-order valence-electron chi connectivity index (χ3n) is 2.47. The van der Waals surface area contributed by atoms with Crippen LogP contribution in [0.5, 0.6) is 0 Å². The van der Waals surface area contributed by atoms with Crippen molar-refractivity contribution in [3.05, 3.63) is 52.5 Å². The van der Waals surface area contributed by atoms with Gasteiger partial charge in [-0.15, -0.1) is 0 Å². The molecule has 1 aromatic heterocycles. The molecule has 0 unspecified atom stereocenters. The van der Waals surface area contributed by atoms with Crippen LogP contribution in [-0.4, -0.2) is 14.3 Å². The Morgan fingerprint density at radius 2 is 2.12 bits per heavy atom. The molecule has 0 fully saturated rings. The summed E-state index contributed by atoms with van der Waals surface area (Å²) in [5, 5.41) is 3.82. The van der Waals surface area contributed by atoms with Gasteiger partial charge in [0.25, 0.3) is 0 Å². The highest BCUT2D eigenvalue weighted by Crippen LogP contribution is 2.07. The Hall–Kier alpha value is -1.91. The fourth-order valence-corrected chi connectivity index (χ4v) is 1.52. The summed E-state index contributed by atoms with van der Waals surface area (Å²) in [6, 6.07) is 6.57. The second-order valence-corrected chi connectivity index (χ2v) is 3.57. The van der Waals surface area contributed by atoms with Gasteiger partial charge in [0.1, 0.15) is 12.1 Å². The highest BCUT2D eigenvalue weighted by atomic mass is 19.1. The van der Waals surface area contributed by atoms with Crippen molar-refractivity contribution in [2.45, 2.75) is 13.0 Å². The van der Waals surface area contributed by atoms with Crippen molar-refractivity contribution >= 4 is 0 Å². The van der Waals surface area contributed by atoms with Gasteiger partial charge >= 0.3 is 5.69 Å². The Bertz CT molecular complexity index is 544. The number of hydrogen-bond acceptors (Lipinski definition) is 2. The molecule has 4 nitrogen and oxygen atoms in total. The second kappa shape index (κ2) is 4.30. The first-order valence-electron chi connectivity index (χ1n) is 5.00. The van der Waals surface area contributed by atoms with E-state index in [0.29, 0.717) is 18.5 Å². The van der Waals surface area contributed by atoms with Gasteiger partial charge in [-0.1, -0.05) is 18.2 Å². The maximum atomic E-state index is 13.3. The second-order valence-electron chi connectivity index (χ2n) is 3.57. The average molecular weight is 221 g/mol. The molecule has 0 saturated heterocycles. The molecular formula is C11H12FN3O. The topological polar surface area (TPSA) is 39.8 Å². The number of halogens is 1. The van der Waals surface area contributed by atoms with Gasteiger partial charge in [0.15, 0.2) is 0 Å². The van der Waals surface area contributed by atoms with Crippen LogP contribution in [0.2, 0.25) is 0 Å². The summed E-state index contributed by atoms with van der Waals surface area (Å²) in [5.41, 5.74) is 0.426. The van der Waals surface area contributed by atoms with E-state index in [-0.39, 0.29) is 11.5 Å². The minimum Gasteiger partial charge on any atom is -0.281 e. The number of aromatic nitrogens is 3. The molecule has 0 saturated carbocycles. The van der Waals surface area contributed by atoms with Crippen LogP contribution in [0.25, 0.3) is 0 Å². The van der Waals surface area contributed by atoms with Crippen molar-refractivity contribution in [1.82, 2.24) is 14.3 Å². The molecule has 0 aliphatic heterocycles. The predicted octanol–water partition coefficient (Wildman–Crippen LogP) is 0.964. The van der Waals surface area contributed by atoms with Crippen LogP contribution >= 0.6 is 0 Å². The fraction of sp³-hybridized carbons (Fsp3) is 0.273. The van der Waals surface area contributed by atoms with Crippen LogP contribution in [0.4, 0.5) is 4.39 Å². The molecule has 1 heterocycles. The van der Waals surface area contributed by atoms with Gasteiger partial charge < -0.3 is 0 Å². The van der Waals surface area contributed by atoms with Crippen molar-refractivity contribution in [3.8, 4) is 0 Å². The molecule has 2 rings (SSSR count). The highest BCUT2D eigenvalue weighted by Gasteiger charge is 2.04. The summed E-state index contributed by atoms with van der Waals surface area (Å²) in [4.78, 5) is 11.4. The number of aryl methyl sites for hydroxylation is 3. The maximum absolute atomic E-state index is 13.3. The Balaban J connectivity index is 2.11. The van der Waals surface area contributed by atoms with Crippen LogP contribution in [0.3, 0.4) is 0 Å². The summed E-state index contributed by atoms with van der Waals surface area (Å²) >= 11 is 0. The molecule has 16 heavy (non-hydrogen) atoms. The molecule has 0 atom stereocenters. The number of benzene rings is 1. The van der Waals surface area contributed by atoms with E-state index < -0.39 is 0 Å². The fourth-order valence-electron chi connectivity index (χ4n) is 1.52. The van der Waals surface area contributed by atoms with Gasteiger partial charge in [-0.05, 0) is 18.1 Å². The van der Waals surface area contributed by atoms with E-state index in [1.807, 2.05) is 0 Å². The van der Waals surface area contributed by atoms with E-state index in [1.165, 1.54) is 21.6 Å². The summed E-state index contributed by atoms with van der Waals surface area (Å²) in [7, 11) is 1.59. The molecule has 84 valence electrons. The summed E-state index contributed by atoms with van der Waals surface area (Å²) in [5.74, 6) is -0.237. The van der Waals surface area contributed by atoms with Crippen molar-refractivity contribution in [1.29, 1.82) is 0 Å². The zero-order chi connectivity index (χ0) is 11.5. The van der Waals surface area contributed by atoms with E-state index in [9.17, 15) is 9.18 Å². The first-order chi connectivity index (χ1) is 7.68. The highest BCUT2D eigenvalue weighted by molar-refractivity contribution is 5.17. The van der Waals surface area contributed by atoms with E-state index in [4.69, 9.17) is 0 Å². The van der Waals surface area contributed by atoms with Gasteiger partial charge in [0.2, 0.25) is 0 Å². The summed E-state index contributed by atoms with van der Waals surface area (Å²) in [6.07, 6.45) is 1.95. The standard InChI is InChI=1S/C11H12FN3O/c1-14-11(16)15(8-13-14)7-6-9-4-2-3-5-10(9)12/h2-5,8H,6-7H2,1H3. The molecule has 1 aromatic carbocycles. The molecular weight excluding hydrogens is 209 g/mol. The minimum absolute atomic E-state index is 0.184. The van der Waals surface area contributed by atoms with Gasteiger partial charge in [0.05, 0.1) is 0 Å². The Morgan fingerprint density at radius 1 is 1.38 bits per heavy atom.